The third kappa shape index (κ3) is 4.48. The van der Waals surface area contributed by atoms with Crippen LogP contribution in [0.4, 0.5) is 0 Å². The van der Waals surface area contributed by atoms with Crippen molar-refractivity contribution in [2.45, 2.75) is 45.2 Å². The van der Waals surface area contributed by atoms with Gasteiger partial charge in [0.05, 0.1) is 11.4 Å². The number of carbonyl (C=O) groups excluding carboxylic acids is 1. The van der Waals surface area contributed by atoms with Crippen LogP contribution in [0.3, 0.4) is 0 Å². The summed E-state index contributed by atoms with van der Waals surface area (Å²) in [6, 6.07) is 6.87. The van der Waals surface area contributed by atoms with E-state index >= 15 is 0 Å². The van der Waals surface area contributed by atoms with Crippen molar-refractivity contribution in [2.75, 3.05) is 26.2 Å². The molecule has 1 saturated heterocycles. The Hall–Kier alpha value is -2.10. The average molecular weight is 455 g/mol. The highest BCUT2D eigenvalue weighted by molar-refractivity contribution is 7.89. The lowest BCUT2D eigenvalue weighted by atomic mass is 10.2. The maximum absolute atomic E-state index is 13.2. The fourth-order valence-corrected chi connectivity index (χ4v) is 5.67. The molecule has 0 bridgehead atoms. The van der Waals surface area contributed by atoms with E-state index in [1.165, 1.54) is 4.31 Å². The van der Waals surface area contributed by atoms with E-state index in [1.807, 2.05) is 6.92 Å². The van der Waals surface area contributed by atoms with Gasteiger partial charge in [0.2, 0.25) is 10.0 Å². The van der Waals surface area contributed by atoms with Crippen molar-refractivity contribution in [3.8, 4) is 5.75 Å². The summed E-state index contributed by atoms with van der Waals surface area (Å²) in [7, 11) is -3.67. The Balaban J connectivity index is 1.65. The maximum Gasteiger partial charge on any atom is 0.263 e. The predicted octanol–water partition coefficient (Wildman–Crippen LogP) is 2.47. The number of rotatable bonds is 6. The molecule has 1 aromatic carbocycles. The first-order chi connectivity index (χ1) is 14.1. The highest BCUT2D eigenvalue weighted by atomic mass is 35.5. The summed E-state index contributed by atoms with van der Waals surface area (Å²) >= 11 is 5.96. The van der Waals surface area contributed by atoms with Crippen LogP contribution in [0.25, 0.3) is 0 Å². The van der Waals surface area contributed by atoms with E-state index in [1.54, 1.807) is 54.6 Å². The number of sulfonamides is 1. The molecular formula is C20H27ClN4O4S. The van der Waals surface area contributed by atoms with Gasteiger partial charge in [0.25, 0.3) is 5.91 Å². The van der Waals surface area contributed by atoms with Gasteiger partial charge in [-0.3, -0.25) is 9.48 Å². The molecule has 0 spiro atoms. The number of amides is 1. The molecule has 0 saturated carbocycles. The van der Waals surface area contributed by atoms with Gasteiger partial charge in [-0.1, -0.05) is 17.7 Å². The summed E-state index contributed by atoms with van der Waals surface area (Å²) in [4.78, 5) is 14.7. The molecule has 1 atom stereocenters. The number of hydrogen-bond acceptors (Lipinski definition) is 5. The Bertz CT molecular complexity index is 1030. The van der Waals surface area contributed by atoms with E-state index in [9.17, 15) is 13.2 Å². The molecule has 30 heavy (non-hydrogen) atoms. The standard InChI is InChI=1S/C20H27ClN4O4S/c1-5-25-15(3)19(14(2)22-25)30(27,28)24-11-9-23(10-12-24)20(26)16(4)29-18-8-6-7-17(21)13-18/h6-8,13,16H,5,9-12H2,1-4H3. The number of ether oxygens (including phenoxy) is 1. The van der Waals surface area contributed by atoms with E-state index in [4.69, 9.17) is 16.3 Å². The highest BCUT2D eigenvalue weighted by Crippen LogP contribution is 2.25. The monoisotopic (exact) mass is 454 g/mol. The molecule has 3 rings (SSSR count). The van der Waals surface area contributed by atoms with Crippen LogP contribution in [0, 0.1) is 13.8 Å². The molecule has 1 aliphatic rings. The fraction of sp³-hybridized carbons (Fsp3) is 0.500. The molecule has 0 radical (unpaired) electrons. The molecule has 2 aromatic rings. The van der Waals surface area contributed by atoms with Crippen molar-refractivity contribution in [1.29, 1.82) is 0 Å². The highest BCUT2D eigenvalue weighted by Gasteiger charge is 2.35. The van der Waals surface area contributed by atoms with Gasteiger partial charge >= 0.3 is 0 Å². The molecule has 1 aromatic heterocycles. The average Bonchev–Trinajstić information content (AvgIpc) is 3.01. The minimum atomic E-state index is -3.67. The molecule has 0 aliphatic carbocycles. The lowest BCUT2D eigenvalue weighted by Crippen LogP contribution is -2.53. The van der Waals surface area contributed by atoms with E-state index in [-0.39, 0.29) is 23.9 Å². The molecule has 164 valence electrons. The SMILES string of the molecule is CCn1nc(C)c(S(=O)(=O)N2CCN(C(=O)C(C)Oc3cccc(Cl)c3)CC2)c1C. The number of carbonyl (C=O) groups is 1. The zero-order valence-corrected chi connectivity index (χ0v) is 19.2. The Morgan fingerprint density at radius 3 is 2.47 bits per heavy atom. The number of aryl methyl sites for hydroxylation is 2. The van der Waals surface area contributed by atoms with Gasteiger partial charge in [-0.2, -0.15) is 9.40 Å². The summed E-state index contributed by atoms with van der Waals surface area (Å²) in [5, 5.41) is 4.85. The summed E-state index contributed by atoms with van der Waals surface area (Å²) < 4.78 is 35.2. The zero-order valence-electron chi connectivity index (χ0n) is 17.6. The summed E-state index contributed by atoms with van der Waals surface area (Å²) in [5.41, 5.74) is 1.13. The van der Waals surface area contributed by atoms with Gasteiger partial charge in [0.1, 0.15) is 10.6 Å². The van der Waals surface area contributed by atoms with Gasteiger partial charge in [0, 0.05) is 37.7 Å². The topological polar surface area (TPSA) is 84.7 Å². The number of halogens is 1. The van der Waals surface area contributed by atoms with Crippen LogP contribution in [0.15, 0.2) is 29.2 Å². The lowest BCUT2D eigenvalue weighted by Gasteiger charge is -2.35. The zero-order chi connectivity index (χ0) is 22.1. The van der Waals surface area contributed by atoms with Gasteiger partial charge < -0.3 is 9.64 Å². The Morgan fingerprint density at radius 2 is 1.90 bits per heavy atom. The van der Waals surface area contributed by atoms with Crippen molar-refractivity contribution >= 4 is 27.5 Å². The molecule has 10 heteroatoms. The second kappa shape index (κ2) is 8.95. The third-order valence-corrected chi connectivity index (χ3v) is 7.61. The second-order valence-electron chi connectivity index (χ2n) is 7.26. The van der Waals surface area contributed by atoms with Crippen molar-refractivity contribution in [1.82, 2.24) is 19.0 Å². The molecule has 1 aliphatic heterocycles. The Kier molecular flexibility index (Phi) is 6.74. The summed E-state index contributed by atoms with van der Waals surface area (Å²) in [6.07, 6.45) is -0.695. The van der Waals surface area contributed by atoms with Gasteiger partial charge in [0.15, 0.2) is 6.10 Å². The summed E-state index contributed by atoms with van der Waals surface area (Å²) in [5.74, 6) is 0.335. The van der Waals surface area contributed by atoms with Crippen molar-refractivity contribution in [3.63, 3.8) is 0 Å². The molecular weight excluding hydrogens is 428 g/mol. The fourth-order valence-electron chi connectivity index (χ4n) is 3.69. The molecule has 1 fully saturated rings. The van der Waals surface area contributed by atoms with E-state index in [0.717, 1.165) is 0 Å². The first-order valence-electron chi connectivity index (χ1n) is 9.90. The van der Waals surface area contributed by atoms with Gasteiger partial charge in [-0.15, -0.1) is 0 Å². The maximum atomic E-state index is 13.2. The number of aromatic nitrogens is 2. The summed E-state index contributed by atoms with van der Waals surface area (Å²) in [6.45, 7) is 8.76. The quantitative estimate of drug-likeness (QED) is 0.669. The molecule has 2 heterocycles. The van der Waals surface area contributed by atoms with E-state index in [2.05, 4.69) is 5.10 Å². The van der Waals surface area contributed by atoms with Crippen LogP contribution < -0.4 is 4.74 Å². The molecule has 8 nitrogen and oxygen atoms in total. The molecule has 1 amide bonds. The smallest absolute Gasteiger partial charge is 0.263 e. The van der Waals surface area contributed by atoms with Crippen LogP contribution in [0.2, 0.25) is 5.02 Å². The number of piperazine rings is 1. The van der Waals surface area contributed by atoms with Gasteiger partial charge in [-0.05, 0) is 45.9 Å². The normalized spacial score (nSPS) is 16.5. The van der Waals surface area contributed by atoms with Gasteiger partial charge in [-0.25, -0.2) is 8.42 Å². The van der Waals surface area contributed by atoms with Crippen molar-refractivity contribution in [3.05, 3.63) is 40.7 Å². The van der Waals surface area contributed by atoms with E-state index in [0.29, 0.717) is 41.8 Å². The number of nitrogens with zero attached hydrogens (tertiary/aromatic N) is 4. The Morgan fingerprint density at radius 1 is 1.23 bits per heavy atom. The largest absolute Gasteiger partial charge is 0.481 e. The first kappa shape index (κ1) is 22.6. The number of benzene rings is 1. The molecule has 0 N–H and O–H groups in total. The number of hydrogen-bond donors (Lipinski definition) is 0. The Labute approximate surface area is 182 Å². The van der Waals surface area contributed by atoms with Crippen LogP contribution in [0.1, 0.15) is 25.2 Å². The van der Waals surface area contributed by atoms with Crippen LogP contribution >= 0.6 is 11.6 Å². The van der Waals surface area contributed by atoms with E-state index < -0.39 is 16.1 Å². The van der Waals surface area contributed by atoms with Crippen LogP contribution in [-0.2, 0) is 21.4 Å². The van der Waals surface area contributed by atoms with Crippen LogP contribution in [-0.4, -0.2) is 65.6 Å². The third-order valence-electron chi connectivity index (χ3n) is 5.22. The lowest BCUT2D eigenvalue weighted by molar-refractivity contribution is -0.139. The predicted molar refractivity (Wildman–Crippen MR) is 114 cm³/mol. The van der Waals surface area contributed by atoms with Crippen LogP contribution in [0.5, 0.6) is 5.75 Å². The second-order valence-corrected chi connectivity index (χ2v) is 9.57. The minimum absolute atomic E-state index is 0.182. The first-order valence-corrected chi connectivity index (χ1v) is 11.7. The van der Waals surface area contributed by atoms with Crippen molar-refractivity contribution < 1.29 is 17.9 Å². The minimum Gasteiger partial charge on any atom is -0.481 e. The van der Waals surface area contributed by atoms with Crippen molar-refractivity contribution in [2.24, 2.45) is 0 Å². The molecule has 1 unspecified atom stereocenters.